The SMILES string of the molecule is CCCCOCC(O)CNCCCCOCC. The Hall–Kier alpha value is -0.160. The monoisotopic (exact) mass is 247 g/mol. The molecule has 4 heteroatoms. The molecule has 0 fully saturated rings. The summed E-state index contributed by atoms with van der Waals surface area (Å²) in [5.41, 5.74) is 0. The second-order valence-electron chi connectivity index (χ2n) is 4.19. The van der Waals surface area contributed by atoms with E-state index >= 15 is 0 Å². The molecule has 0 aliphatic heterocycles. The van der Waals surface area contributed by atoms with Gasteiger partial charge in [-0.1, -0.05) is 13.3 Å². The highest BCUT2D eigenvalue weighted by Gasteiger charge is 2.02. The summed E-state index contributed by atoms with van der Waals surface area (Å²) >= 11 is 0. The first-order chi connectivity index (χ1) is 8.31. The summed E-state index contributed by atoms with van der Waals surface area (Å²) < 4.78 is 10.6. The molecule has 0 spiro atoms. The van der Waals surface area contributed by atoms with Gasteiger partial charge in [-0.25, -0.2) is 0 Å². The number of aliphatic hydroxyl groups is 1. The number of nitrogens with one attached hydrogen (secondary N) is 1. The van der Waals surface area contributed by atoms with Crippen LogP contribution in [0.2, 0.25) is 0 Å². The zero-order valence-electron chi connectivity index (χ0n) is 11.4. The van der Waals surface area contributed by atoms with Crippen molar-refractivity contribution < 1.29 is 14.6 Å². The molecule has 17 heavy (non-hydrogen) atoms. The van der Waals surface area contributed by atoms with Crippen molar-refractivity contribution in [3.05, 3.63) is 0 Å². The van der Waals surface area contributed by atoms with Crippen LogP contribution in [0.4, 0.5) is 0 Å². The van der Waals surface area contributed by atoms with Gasteiger partial charge in [-0.05, 0) is 32.7 Å². The molecule has 0 bridgehead atoms. The number of unbranched alkanes of at least 4 members (excludes halogenated alkanes) is 2. The first kappa shape index (κ1) is 16.8. The van der Waals surface area contributed by atoms with Crippen LogP contribution in [0.1, 0.15) is 39.5 Å². The van der Waals surface area contributed by atoms with Crippen LogP contribution >= 0.6 is 0 Å². The van der Waals surface area contributed by atoms with E-state index in [1.165, 1.54) is 0 Å². The van der Waals surface area contributed by atoms with E-state index < -0.39 is 6.10 Å². The van der Waals surface area contributed by atoms with Gasteiger partial charge in [0.2, 0.25) is 0 Å². The van der Waals surface area contributed by atoms with Gasteiger partial charge in [0.25, 0.3) is 0 Å². The third-order valence-corrected chi connectivity index (χ3v) is 2.43. The summed E-state index contributed by atoms with van der Waals surface area (Å²) in [4.78, 5) is 0. The number of aliphatic hydroxyl groups excluding tert-OH is 1. The minimum atomic E-state index is -0.390. The van der Waals surface area contributed by atoms with Crippen LogP contribution in [-0.4, -0.2) is 50.7 Å². The molecule has 0 saturated carbocycles. The Morgan fingerprint density at radius 1 is 1.06 bits per heavy atom. The topological polar surface area (TPSA) is 50.7 Å². The summed E-state index contributed by atoms with van der Waals surface area (Å²) in [6.45, 7) is 8.49. The first-order valence-corrected chi connectivity index (χ1v) is 6.85. The highest BCUT2D eigenvalue weighted by Crippen LogP contribution is 1.91. The highest BCUT2D eigenvalue weighted by molar-refractivity contribution is 4.58. The fourth-order valence-electron chi connectivity index (χ4n) is 1.39. The van der Waals surface area contributed by atoms with Gasteiger partial charge in [0, 0.05) is 26.4 Å². The zero-order valence-corrected chi connectivity index (χ0v) is 11.4. The molecular weight excluding hydrogens is 218 g/mol. The van der Waals surface area contributed by atoms with Crippen LogP contribution in [0, 0.1) is 0 Å². The van der Waals surface area contributed by atoms with Gasteiger partial charge in [0.05, 0.1) is 12.7 Å². The summed E-state index contributed by atoms with van der Waals surface area (Å²) in [6, 6.07) is 0. The van der Waals surface area contributed by atoms with Crippen molar-refractivity contribution in [1.82, 2.24) is 5.32 Å². The Morgan fingerprint density at radius 2 is 1.82 bits per heavy atom. The minimum absolute atomic E-state index is 0.390. The lowest BCUT2D eigenvalue weighted by Crippen LogP contribution is -2.31. The van der Waals surface area contributed by atoms with Gasteiger partial charge in [-0.2, -0.15) is 0 Å². The average Bonchev–Trinajstić information content (AvgIpc) is 2.33. The number of rotatable bonds is 13. The minimum Gasteiger partial charge on any atom is -0.389 e. The molecule has 0 amide bonds. The van der Waals surface area contributed by atoms with Crippen molar-refractivity contribution in [2.24, 2.45) is 0 Å². The van der Waals surface area contributed by atoms with E-state index in [4.69, 9.17) is 9.47 Å². The highest BCUT2D eigenvalue weighted by atomic mass is 16.5. The summed E-state index contributed by atoms with van der Waals surface area (Å²) in [5, 5.41) is 12.8. The molecular formula is C13H29NO3. The molecule has 0 radical (unpaired) electrons. The number of ether oxygens (including phenoxy) is 2. The van der Waals surface area contributed by atoms with Crippen LogP contribution in [0.15, 0.2) is 0 Å². The molecule has 1 unspecified atom stereocenters. The quantitative estimate of drug-likeness (QED) is 0.485. The van der Waals surface area contributed by atoms with Gasteiger partial charge >= 0.3 is 0 Å². The van der Waals surface area contributed by atoms with Crippen LogP contribution < -0.4 is 5.32 Å². The second kappa shape index (κ2) is 13.9. The lowest BCUT2D eigenvalue weighted by Gasteiger charge is -2.12. The normalized spacial score (nSPS) is 12.9. The van der Waals surface area contributed by atoms with E-state index in [1.807, 2.05) is 6.92 Å². The van der Waals surface area contributed by atoms with Crippen molar-refractivity contribution in [3.63, 3.8) is 0 Å². The maximum Gasteiger partial charge on any atom is 0.0897 e. The second-order valence-corrected chi connectivity index (χ2v) is 4.19. The molecule has 0 aromatic carbocycles. The van der Waals surface area contributed by atoms with E-state index in [0.717, 1.165) is 52.0 Å². The maximum absolute atomic E-state index is 9.58. The molecule has 104 valence electrons. The van der Waals surface area contributed by atoms with E-state index in [-0.39, 0.29) is 0 Å². The smallest absolute Gasteiger partial charge is 0.0897 e. The van der Waals surface area contributed by atoms with Gasteiger partial charge in [0.1, 0.15) is 0 Å². The molecule has 0 saturated heterocycles. The molecule has 0 aromatic heterocycles. The Bertz CT molecular complexity index is 145. The summed E-state index contributed by atoms with van der Waals surface area (Å²) in [6.07, 6.45) is 3.97. The zero-order chi connectivity index (χ0) is 12.8. The van der Waals surface area contributed by atoms with Crippen molar-refractivity contribution in [2.75, 3.05) is 39.5 Å². The molecule has 0 aromatic rings. The van der Waals surface area contributed by atoms with Gasteiger partial charge in [-0.15, -0.1) is 0 Å². The van der Waals surface area contributed by atoms with Gasteiger partial charge < -0.3 is 19.9 Å². The third-order valence-electron chi connectivity index (χ3n) is 2.43. The Labute approximate surface area is 106 Å². The average molecular weight is 247 g/mol. The lowest BCUT2D eigenvalue weighted by atomic mass is 10.3. The molecule has 0 aliphatic carbocycles. The first-order valence-electron chi connectivity index (χ1n) is 6.85. The molecule has 0 rings (SSSR count). The molecule has 0 aliphatic rings. The Morgan fingerprint density at radius 3 is 2.53 bits per heavy atom. The van der Waals surface area contributed by atoms with Gasteiger partial charge in [-0.3, -0.25) is 0 Å². The predicted molar refractivity (Wildman–Crippen MR) is 70.3 cm³/mol. The van der Waals surface area contributed by atoms with Crippen LogP contribution in [-0.2, 0) is 9.47 Å². The molecule has 0 heterocycles. The Balaban J connectivity index is 3.08. The van der Waals surface area contributed by atoms with E-state index in [9.17, 15) is 5.11 Å². The standard InChI is InChI=1S/C13H29NO3/c1-3-5-9-17-12-13(15)11-14-8-6-7-10-16-4-2/h13-15H,3-12H2,1-2H3. The van der Waals surface area contributed by atoms with Crippen molar-refractivity contribution in [1.29, 1.82) is 0 Å². The summed E-state index contributed by atoms with van der Waals surface area (Å²) in [5.74, 6) is 0. The molecule has 1 atom stereocenters. The molecule has 4 nitrogen and oxygen atoms in total. The third kappa shape index (κ3) is 13.8. The van der Waals surface area contributed by atoms with Crippen LogP contribution in [0.3, 0.4) is 0 Å². The maximum atomic E-state index is 9.58. The Kier molecular flexibility index (Phi) is 13.8. The number of hydrogen-bond donors (Lipinski definition) is 2. The van der Waals surface area contributed by atoms with Crippen LogP contribution in [0.5, 0.6) is 0 Å². The fraction of sp³-hybridized carbons (Fsp3) is 1.00. The van der Waals surface area contributed by atoms with Crippen molar-refractivity contribution in [2.45, 2.75) is 45.6 Å². The van der Waals surface area contributed by atoms with Crippen molar-refractivity contribution >= 4 is 0 Å². The molecule has 2 N–H and O–H groups in total. The van der Waals surface area contributed by atoms with Gasteiger partial charge in [0.15, 0.2) is 0 Å². The predicted octanol–water partition coefficient (Wildman–Crippen LogP) is 1.57. The fourth-order valence-corrected chi connectivity index (χ4v) is 1.39. The van der Waals surface area contributed by atoms with E-state index in [2.05, 4.69) is 12.2 Å². The van der Waals surface area contributed by atoms with E-state index in [0.29, 0.717) is 13.2 Å². The van der Waals surface area contributed by atoms with Crippen molar-refractivity contribution in [3.8, 4) is 0 Å². The van der Waals surface area contributed by atoms with Crippen LogP contribution in [0.25, 0.3) is 0 Å². The lowest BCUT2D eigenvalue weighted by molar-refractivity contribution is 0.0359. The summed E-state index contributed by atoms with van der Waals surface area (Å²) in [7, 11) is 0. The largest absolute Gasteiger partial charge is 0.389 e. The van der Waals surface area contributed by atoms with E-state index in [1.54, 1.807) is 0 Å². The number of hydrogen-bond acceptors (Lipinski definition) is 4.